The SMILES string of the molecule is COc1cccc(/C=C/C#N)c1OC(F)F. The number of halogens is 2. The Labute approximate surface area is 91.5 Å². The molecule has 3 nitrogen and oxygen atoms in total. The Morgan fingerprint density at radius 3 is 2.75 bits per heavy atom. The lowest BCUT2D eigenvalue weighted by atomic mass is 10.1. The maximum Gasteiger partial charge on any atom is 0.387 e. The van der Waals surface area contributed by atoms with Gasteiger partial charge in [0.1, 0.15) is 0 Å². The average Bonchev–Trinajstić information content (AvgIpc) is 2.27. The number of allylic oxidation sites excluding steroid dienone is 1. The third kappa shape index (κ3) is 2.95. The first-order chi connectivity index (χ1) is 7.69. The van der Waals surface area contributed by atoms with Crippen LogP contribution in [0.25, 0.3) is 6.08 Å². The number of ether oxygens (including phenoxy) is 2. The van der Waals surface area contributed by atoms with Gasteiger partial charge in [-0.2, -0.15) is 14.0 Å². The fraction of sp³-hybridized carbons (Fsp3) is 0.182. The molecule has 0 bridgehead atoms. The Morgan fingerprint density at radius 1 is 1.44 bits per heavy atom. The lowest BCUT2D eigenvalue weighted by Gasteiger charge is -2.11. The monoisotopic (exact) mass is 225 g/mol. The van der Waals surface area contributed by atoms with Crippen molar-refractivity contribution in [2.24, 2.45) is 0 Å². The van der Waals surface area contributed by atoms with Crippen LogP contribution in [-0.4, -0.2) is 13.7 Å². The van der Waals surface area contributed by atoms with E-state index in [0.29, 0.717) is 5.56 Å². The van der Waals surface area contributed by atoms with E-state index in [9.17, 15) is 8.78 Å². The lowest BCUT2D eigenvalue weighted by molar-refractivity contribution is -0.0513. The van der Waals surface area contributed by atoms with E-state index in [1.807, 2.05) is 0 Å². The van der Waals surface area contributed by atoms with Crippen LogP contribution < -0.4 is 9.47 Å². The second-order valence-electron chi connectivity index (χ2n) is 2.72. The van der Waals surface area contributed by atoms with Gasteiger partial charge in [-0.1, -0.05) is 12.1 Å². The van der Waals surface area contributed by atoms with Crippen molar-refractivity contribution in [3.8, 4) is 17.6 Å². The van der Waals surface area contributed by atoms with E-state index in [2.05, 4.69) is 4.74 Å². The third-order valence-electron chi connectivity index (χ3n) is 1.77. The molecule has 0 aliphatic carbocycles. The largest absolute Gasteiger partial charge is 0.493 e. The molecule has 0 heterocycles. The van der Waals surface area contributed by atoms with Gasteiger partial charge in [0, 0.05) is 11.6 Å². The summed E-state index contributed by atoms with van der Waals surface area (Å²) < 4.78 is 33.6. The molecule has 84 valence electrons. The van der Waals surface area contributed by atoms with Gasteiger partial charge in [0.15, 0.2) is 11.5 Å². The summed E-state index contributed by atoms with van der Waals surface area (Å²) in [5, 5.41) is 8.37. The lowest BCUT2D eigenvalue weighted by Crippen LogP contribution is -2.04. The molecule has 1 aromatic rings. The number of methoxy groups -OCH3 is 1. The molecule has 16 heavy (non-hydrogen) atoms. The van der Waals surface area contributed by atoms with E-state index < -0.39 is 6.61 Å². The van der Waals surface area contributed by atoms with Gasteiger partial charge in [-0.25, -0.2) is 0 Å². The number of benzene rings is 1. The van der Waals surface area contributed by atoms with Gasteiger partial charge in [-0.05, 0) is 12.1 Å². The van der Waals surface area contributed by atoms with Crippen LogP contribution in [-0.2, 0) is 0 Å². The summed E-state index contributed by atoms with van der Waals surface area (Å²) in [6, 6.07) is 6.44. The molecule has 0 saturated heterocycles. The summed E-state index contributed by atoms with van der Waals surface area (Å²) in [5.74, 6) is 0.117. The number of nitrogens with zero attached hydrogens (tertiary/aromatic N) is 1. The maximum atomic E-state index is 12.2. The third-order valence-corrected chi connectivity index (χ3v) is 1.77. The maximum absolute atomic E-state index is 12.2. The molecule has 1 rings (SSSR count). The summed E-state index contributed by atoms with van der Waals surface area (Å²) >= 11 is 0. The fourth-order valence-corrected chi connectivity index (χ4v) is 1.17. The van der Waals surface area contributed by atoms with Gasteiger partial charge in [0.2, 0.25) is 0 Å². The zero-order valence-corrected chi connectivity index (χ0v) is 8.48. The van der Waals surface area contributed by atoms with Gasteiger partial charge < -0.3 is 9.47 Å². The number of nitriles is 1. The predicted octanol–water partition coefficient (Wildman–Crippen LogP) is 2.83. The second kappa shape index (κ2) is 5.71. The Hall–Kier alpha value is -2.09. The molecule has 0 radical (unpaired) electrons. The van der Waals surface area contributed by atoms with Crippen molar-refractivity contribution in [2.45, 2.75) is 6.61 Å². The Balaban J connectivity index is 3.15. The van der Waals surface area contributed by atoms with Gasteiger partial charge in [0.05, 0.1) is 13.2 Å². The van der Waals surface area contributed by atoms with Crippen molar-refractivity contribution in [3.05, 3.63) is 29.8 Å². The minimum atomic E-state index is -2.94. The highest BCUT2D eigenvalue weighted by Crippen LogP contribution is 2.33. The standard InChI is InChI=1S/C11H9F2NO2/c1-15-9-6-2-4-8(5-3-7-14)10(9)16-11(12)13/h2-6,11H,1H3/b5-3+. The van der Waals surface area contributed by atoms with Crippen LogP contribution in [0, 0.1) is 11.3 Å². The van der Waals surface area contributed by atoms with Gasteiger partial charge in [-0.15, -0.1) is 0 Å². The summed E-state index contributed by atoms with van der Waals surface area (Å²) in [6.45, 7) is -2.94. The highest BCUT2D eigenvalue weighted by atomic mass is 19.3. The highest BCUT2D eigenvalue weighted by Gasteiger charge is 2.13. The highest BCUT2D eigenvalue weighted by molar-refractivity contribution is 5.63. The first-order valence-electron chi connectivity index (χ1n) is 4.37. The molecular formula is C11H9F2NO2. The Kier molecular flexibility index (Phi) is 4.28. The van der Waals surface area contributed by atoms with Crippen molar-refractivity contribution in [1.82, 2.24) is 0 Å². The van der Waals surface area contributed by atoms with Crippen molar-refractivity contribution in [2.75, 3.05) is 7.11 Å². The molecule has 1 aromatic carbocycles. The smallest absolute Gasteiger partial charge is 0.387 e. The molecule has 0 unspecified atom stereocenters. The second-order valence-corrected chi connectivity index (χ2v) is 2.72. The van der Waals surface area contributed by atoms with E-state index in [0.717, 1.165) is 0 Å². The molecule has 0 amide bonds. The zero-order chi connectivity index (χ0) is 12.0. The van der Waals surface area contributed by atoms with Crippen molar-refractivity contribution < 1.29 is 18.3 Å². The molecule has 0 saturated carbocycles. The molecule has 0 aliphatic rings. The Bertz CT molecular complexity index is 424. The number of rotatable bonds is 4. The van der Waals surface area contributed by atoms with E-state index in [1.165, 1.54) is 25.3 Å². The van der Waals surface area contributed by atoms with E-state index in [-0.39, 0.29) is 11.5 Å². The van der Waals surface area contributed by atoms with Crippen molar-refractivity contribution in [3.63, 3.8) is 0 Å². The van der Waals surface area contributed by atoms with Crippen LogP contribution >= 0.6 is 0 Å². The average molecular weight is 225 g/mol. The van der Waals surface area contributed by atoms with Gasteiger partial charge >= 0.3 is 6.61 Å². The summed E-state index contributed by atoms with van der Waals surface area (Å²) in [5.41, 5.74) is 0.362. The van der Waals surface area contributed by atoms with Gasteiger partial charge in [-0.3, -0.25) is 0 Å². The van der Waals surface area contributed by atoms with E-state index in [4.69, 9.17) is 10.00 Å². The number of hydrogen-bond donors (Lipinski definition) is 0. The van der Waals surface area contributed by atoms with Crippen LogP contribution in [0.1, 0.15) is 5.56 Å². The molecule has 0 fully saturated rings. The van der Waals surface area contributed by atoms with Crippen molar-refractivity contribution >= 4 is 6.08 Å². The number of hydrogen-bond acceptors (Lipinski definition) is 3. The quantitative estimate of drug-likeness (QED) is 0.740. The fourth-order valence-electron chi connectivity index (χ4n) is 1.17. The first-order valence-corrected chi connectivity index (χ1v) is 4.37. The minimum absolute atomic E-state index is 0.0773. The molecule has 0 aromatic heterocycles. The van der Waals surface area contributed by atoms with Gasteiger partial charge in [0.25, 0.3) is 0 Å². The van der Waals surface area contributed by atoms with E-state index in [1.54, 1.807) is 18.2 Å². The molecular weight excluding hydrogens is 216 g/mol. The van der Waals surface area contributed by atoms with E-state index >= 15 is 0 Å². The molecule has 0 spiro atoms. The van der Waals surface area contributed by atoms with Crippen LogP contribution in [0.3, 0.4) is 0 Å². The molecule has 0 N–H and O–H groups in total. The van der Waals surface area contributed by atoms with Crippen LogP contribution in [0.5, 0.6) is 11.5 Å². The van der Waals surface area contributed by atoms with Crippen LogP contribution in [0.4, 0.5) is 8.78 Å². The summed E-state index contributed by atoms with van der Waals surface area (Å²) in [4.78, 5) is 0. The first kappa shape index (κ1) is 12.0. The van der Waals surface area contributed by atoms with Crippen molar-refractivity contribution in [1.29, 1.82) is 5.26 Å². The van der Waals surface area contributed by atoms with Crippen LogP contribution in [0.15, 0.2) is 24.3 Å². The summed E-state index contributed by atoms with van der Waals surface area (Å²) in [6.07, 6.45) is 2.55. The molecule has 0 aliphatic heterocycles. The predicted molar refractivity (Wildman–Crippen MR) is 54.3 cm³/mol. The minimum Gasteiger partial charge on any atom is -0.493 e. The number of para-hydroxylation sites is 1. The number of alkyl halides is 2. The zero-order valence-electron chi connectivity index (χ0n) is 8.48. The molecule has 5 heteroatoms. The Morgan fingerprint density at radius 2 is 2.19 bits per heavy atom. The summed E-state index contributed by atoms with van der Waals surface area (Å²) in [7, 11) is 1.35. The normalized spacial score (nSPS) is 10.4. The van der Waals surface area contributed by atoms with Crippen LogP contribution in [0.2, 0.25) is 0 Å². The molecule has 0 atom stereocenters. The topological polar surface area (TPSA) is 42.2 Å².